The van der Waals surface area contributed by atoms with Crippen molar-refractivity contribution in [1.29, 1.82) is 0 Å². The zero-order chi connectivity index (χ0) is 17.3. The lowest BCUT2D eigenvalue weighted by atomic mass is 10.2. The molecule has 2 aromatic carbocycles. The van der Waals surface area contributed by atoms with Crippen LogP contribution in [0.4, 0.5) is 0 Å². The molecule has 7 nitrogen and oxygen atoms in total. The van der Waals surface area contributed by atoms with Gasteiger partial charge in [0, 0.05) is 0 Å². The van der Waals surface area contributed by atoms with Gasteiger partial charge >= 0.3 is 5.69 Å². The third-order valence-electron chi connectivity index (χ3n) is 3.38. The van der Waals surface area contributed by atoms with E-state index in [-0.39, 0.29) is 16.5 Å². The van der Waals surface area contributed by atoms with E-state index < -0.39 is 11.2 Å². The fourth-order valence-corrected chi connectivity index (χ4v) is 2.43. The zero-order valence-electron chi connectivity index (χ0n) is 12.5. The maximum atomic E-state index is 12.4. The number of rotatable bonds is 3. The van der Waals surface area contributed by atoms with Gasteiger partial charge in [0.15, 0.2) is 11.5 Å². The fourth-order valence-electron chi connectivity index (χ4n) is 2.21. The molecule has 8 heteroatoms. The molecule has 122 valence electrons. The molecule has 0 saturated heterocycles. The Morgan fingerprint density at radius 1 is 1.29 bits per heavy atom. The average molecular weight is 346 g/mol. The molecule has 0 aliphatic carbocycles. The van der Waals surface area contributed by atoms with Gasteiger partial charge in [0.1, 0.15) is 0 Å². The number of hydrogen-bond donors (Lipinski definition) is 2. The van der Waals surface area contributed by atoms with Crippen molar-refractivity contribution in [1.82, 2.24) is 9.66 Å². The lowest BCUT2D eigenvalue weighted by Crippen LogP contribution is -2.32. The Labute approximate surface area is 140 Å². The number of benzene rings is 2. The van der Waals surface area contributed by atoms with Crippen LogP contribution in [0.5, 0.6) is 11.5 Å². The van der Waals surface area contributed by atoms with Crippen molar-refractivity contribution in [2.24, 2.45) is 5.10 Å². The Morgan fingerprint density at radius 3 is 2.79 bits per heavy atom. The van der Waals surface area contributed by atoms with Crippen molar-refractivity contribution in [2.45, 2.75) is 0 Å². The number of hydrogen-bond acceptors (Lipinski definition) is 5. The summed E-state index contributed by atoms with van der Waals surface area (Å²) in [5.74, 6) is -0.0410. The lowest BCUT2D eigenvalue weighted by Gasteiger charge is -2.06. The van der Waals surface area contributed by atoms with Crippen LogP contribution in [0.25, 0.3) is 10.9 Å². The van der Waals surface area contributed by atoms with E-state index in [1.165, 1.54) is 25.5 Å². The zero-order valence-corrected chi connectivity index (χ0v) is 13.2. The molecule has 0 spiro atoms. The molecule has 0 saturated carbocycles. The third kappa shape index (κ3) is 2.77. The van der Waals surface area contributed by atoms with Crippen LogP contribution in [0, 0.1) is 0 Å². The Hall–Kier alpha value is -3.06. The van der Waals surface area contributed by atoms with E-state index >= 15 is 0 Å². The number of H-pyrrole nitrogens is 1. The number of methoxy groups -OCH3 is 1. The van der Waals surface area contributed by atoms with E-state index in [0.29, 0.717) is 16.5 Å². The van der Waals surface area contributed by atoms with Crippen LogP contribution < -0.4 is 16.0 Å². The van der Waals surface area contributed by atoms with Gasteiger partial charge < -0.3 is 14.8 Å². The number of aromatic hydroxyl groups is 1. The summed E-state index contributed by atoms with van der Waals surface area (Å²) in [5, 5.41) is 14.0. The molecule has 0 aliphatic heterocycles. The van der Waals surface area contributed by atoms with Crippen molar-refractivity contribution < 1.29 is 9.84 Å². The second kappa shape index (κ2) is 6.21. The van der Waals surface area contributed by atoms with Gasteiger partial charge in [0.05, 0.1) is 29.2 Å². The molecule has 0 aliphatic rings. The number of ether oxygens (including phenoxy) is 1. The van der Waals surface area contributed by atoms with Gasteiger partial charge in [0.2, 0.25) is 0 Å². The van der Waals surface area contributed by atoms with E-state index in [2.05, 4.69) is 10.1 Å². The monoisotopic (exact) mass is 345 g/mol. The molecule has 3 rings (SSSR count). The summed E-state index contributed by atoms with van der Waals surface area (Å²) in [6, 6.07) is 9.56. The first-order chi connectivity index (χ1) is 11.5. The van der Waals surface area contributed by atoms with Gasteiger partial charge in [-0.1, -0.05) is 23.7 Å². The highest BCUT2D eigenvalue weighted by atomic mass is 35.5. The van der Waals surface area contributed by atoms with E-state index in [0.717, 1.165) is 4.68 Å². The molecule has 0 radical (unpaired) electrons. The van der Waals surface area contributed by atoms with Crippen molar-refractivity contribution in [2.75, 3.05) is 7.11 Å². The van der Waals surface area contributed by atoms with Gasteiger partial charge in [-0.3, -0.25) is 4.79 Å². The Bertz CT molecular complexity index is 1070. The van der Waals surface area contributed by atoms with Gasteiger partial charge in [-0.25, -0.2) is 4.79 Å². The molecule has 0 fully saturated rings. The lowest BCUT2D eigenvalue weighted by molar-refractivity contribution is 0.373. The van der Waals surface area contributed by atoms with Crippen LogP contribution in [-0.2, 0) is 0 Å². The van der Waals surface area contributed by atoms with Crippen LogP contribution in [-0.4, -0.2) is 28.1 Å². The number of fused-ring (bicyclic) bond motifs is 1. The number of phenols is 1. The third-order valence-corrected chi connectivity index (χ3v) is 3.66. The number of aromatic amines is 1. The Balaban J connectivity index is 2.10. The quantitative estimate of drug-likeness (QED) is 0.709. The fraction of sp³-hybridized carbons (Fsp3) is 0.0625. The van der Waals surface area contributed by atoms with E-state index in [1.54, 1.807) is 24.3 Å². The van der Waals surface area contributed by atoms with E-state index in [9.17, 15) is 14.7 Å². The summed E-state index contributed by atoms with van der Waals surface area (Å²) >= 11 is 5.89. The first-order valence-corrected chi connectivity index (χ1v) is 7.24. The largest absolute Gasteiger partial charge is 0.503 e. The van der Waals surface area contributed by atoms with Crippen molar-refractivity contribution in [3.63, 3.8) is 0 Å². The summed E-state index contributed by atoms with van der Waals surface area (Å²) in [4.78, 5) is 27.0. The maximum absolute atomic E-state index is 12.4. The molecular formula is C16H12ClN3O4. The first-order valence-electron chi connectivity index (χ1n) is 6.86. The maximum Gasteiger partial charge on any atom is 0.349 e. The van der Waals surface area contributed by atoms with Crippen molar-refractivity contribution >= 4 is 28.7 Å². The molecular weight excluding hydrogens is 334 g/mol. The molecule has 1 aromatic heterocycles. The van der Waals surface area contributed by atoms with Gasteiger partial charge in [-0.05, 0) is 29.8 Å². The molecule has 0 atom stereocenters. The molecule has 2 N–H and O–H groups in total. The minimum Gasteiger partial charge on any atom is -0.503 e. The summed E-state index contributed by atoms with van der Waals surface area (Å²) in [6.45, 7) is 0. The second-order valence-electron chi connectivity index (χ2n) is 4.89. The van der Waals surface area contributed by atoms with Crippen molar-refractivity contribution in [3.8, 4) is 11.5 Å². The standard InChI is InChI=1S/C16H12ClN3O4/c1-24-13-7-9(6-11(17)14(13)21)8-18-20-15(22)10-4-2-3-5-12(10)19-16(20)23/h2-8,21H,1H3,(H,19,23)/b18-8+. The summed E-state index contributed by atoms with van der Waals surface area (Å²) < 4.78 is 5.71. The highest BCUT2D eigenvalue weighted by Crippen LogP contribution is 2.34. The second-order valence-corrected chi connectivity index (χ2v) is 5.30. The number of aromatic nitrogens is 2. The summed E-state index contributed by atoms with van der Waals surface area (Å²) in [7, 11) is 1.38. The van der Waals surface area contributed by atoms with Crippen LogP contribution in [0.15, 0.2) is 51.1 Å². The minimum atomic E-state index is -0.660. The highest BCUT2D eigenvalue weighted by Gasteiger charge is 2.09. The molecule has 24 heavy (non-hydrogen) atoms. The summed E-state index contributed by atoms with van der Waals surface area (Å²) in [5.41, 5.74) is -0.309. The van der Waals surface area contributed by atoms with Gasteiger partial charge in [0.25, 0.3) is 5.56 Å². The first kappa shape index (κ1) is 15.8. The molecule has 0 bridgehead atoms. The average Bonchev–Trinajstić information content (AvgIpc) is 2.57. The Kier molecular flexibility index (Phi) is 4.09. The van der Waals surface area contributed by atoms with Crippen molar-refractivity contribution in [3.05, 3.63) is 67.8 Å². The summed E-state index contributed by atoms with van der Waals surface area (Å²) in [6.07, 6.45) is 1.28. The van der Waals surface area contributed by atoms with E-state index in [4.69, 9.17) is 16.3 Å². The number of nitrogens with one attached hydrogen (secondary N) is 1. The van der Waals surface area contributed by atoms with Crippen LogP contribution in [0.2, 0.25) is 5.02 Å². The smallest absolute Gasteiger partial charge is 0.349 e. The predicted molar refractivity (Wildman–Crippen MR) is 91.5 cm³/mol. The molecule has 0 amide bonds. The number of para-hydroxylation sites is 1. The normalized spacial score (nSPS) is 11.2. The van der Waals surface area contributed by atoms with Gasteiger partial charge in [-0.2, -0.15) is 5.10 Å². The number of phenolic OH excluding ortho intramolecular Hbond substituents is 1. The molecule has 0 unspecified atom stereocenters. The Morgan fingerprint density at radius 2 is 2.04 bits per heavy atom. The van der Waals surface area contributed by atoms with Crippen LogP contribution in [0.3, 0.4) is 0 Å². The van der Waals surface area contributed by atoms with Crippen LogP contribution in [0.1, 0.15) is 5.56 Å². The van der Waals surface area contributed by atoms with E-state index in [1.807, 2.05) is 0 Å². The topological polar surface area (TPSA) is 96.7 Å². The SMILES string of the molecule is COc1cc(/C=N/n2c(=O)[nH]c3ccccc3c2=O)cc(Cl)c1O. The number of halogens is 1. The van der Waals surface area contributed by atoms with Crippen LogP contribution >= 0.6 is 11.6 Å². The highest BCUT2D eigenvalue weighted by molar-refractivity contribution is 6.32. The molecule has 1 heterocycles. The predicted octanol–water partition coefficient (Wildman–Crippen LogP) is 1.94. The molecule has 3 aromatic rings. The number of nitrogens with zero attached hydrogens (tertiary/aromatic N) is 2. The minimum absolute atomic E-state index is 0.0653. The van der Waals surface area contributed by atoms with Gasteiger partial charge in [-0.15, -0.1) is 4.68 Å².